The van der Waals surface area contributed by atoms with Crippen molar-refractivity contribution in [3.05, 3.63) is 35.9 Å². The zero-order valence-electron chi connectivity index (χ0n) is 11.8. The molecule has 2 nitrogen and oxygen atoms in total. The third-order valence-electron chi connectivity index (χ3n) is 4.84. The highest BCUT2D eigenvalue weighted by Crippen LogP contribution is 2.34. The molecule has 0 bridgehead atoms. The van der Waals surface area contributed by atoms with Crippen LogP contribution in [-0.2, 0) is 5.41 Å². The van der Waals surface area contributed by atoms with E-state index in [4.69, 9.17) is 0 Å². The molecule has 2 heteroatoms. The second-order valence-electron chi connectivity index (χ2n) is 6.31. The molecule has 0 spiro atoms. The standard InChI is InChI=1S/C17H26N2/c1-2-4-16(5-3-1)17(9-12-18-13-10-17)14-19-11-8-15-6-7-15/h1-5,15,18-19H,6-14H2. The highest BCUT2D eigenvalue weighted by Gasteiger charge is 2.33. The van der Waals surface area contributed by atoms with E-state index in [9.17, 15) is 0 Å². The number of hydrogen-bond donors (Lipinski definition) is 2. The first-order valence-corrected chi connectivity index (χ1v) is 7.86. The summed E-state index contributed by atoms with van der Waals surface area (Å²) in [4.78, 5) is 0. The Balaban J connectivity index is 1.62. The van der Waals surface area contributed by atoms with Crippen LogP contribution in [0.5, 0.6) is 0 Å². The molecule has 0 atom stereocenters. The average molecular weight is 258 g/mol. The number of piperidine rings is 1. The maximum atomic E-state index is 3.74. The monoisotopic (exact) mass is 258 g/mol. The quantitative estimate of drug-likeness (QED) is 0.767. The predicted molar refractivity (Wildman–Crippen MR) is 80.4 cm³/mol. The Bertz CT molecular complexity index is 378. The van der Waals surface area contributed by atoms with Gasteiger partial charge in [0.1, 0.15) is 0 Å². The van der Waals surface area contributed by atoms with Crippen molar-refractivity contribution in [1.29, 1.82) is 0 Å². The molecule has 1 aliphatic carbocycles. The molecule has 3 rings (SSSR count). The smallest absolute Gasteiger partial charge is 0.0102 e. The lowest BCUT2D eigenvalue weighted by atomic mass is 9.73. The second-order valence-corrected chi connectivity index (χ2v) is 6.31. The van der Waals surface area contributed by atoms with Crippen molar-refractivity contribution in [1.82, 2.24) is 10.6 Å². The first kappa shape index (κ1) is 13.1. The average Bonchev–Trinajstić information content (AvgIpc) is 3.30. The van der Waals surface area contributed by atoms with Gasteiger partial charge in [0.05, 0.1) is 0 Å². The van der Waals surface area contributed by atoms with Crippen LogP contribution in [-0.4, -0.2) is 26.2 Å². The van der Waals surface area contributed by atoms with Crippen molar-refractivity contribution < 1.29 is 0 Å². The van der Waals surface area contributed by atoms with Gasteiger partial charge in [-0.25, -0.2) is 0 Å². The maximum Gasteiger partial charge on any atom is 0.0102 e. The number of nitrogens with one attached hydrogen (secondary N) is 2. The zero-order chi connectivity index (χ0) is 13.0. The number of hydrogen-bond acceptors (Lipinski definition) is 2. The van der Waals surface area contributed by atoms with Gasteiger partial charge in [0.15, 0.2) is 0 Å². The summed E-state index contributed by atoms with van der Waals surface area (Å²) in [6, 6.07) is 11.1. The van der Waals surface area contributed by atoms with Gasteiger partial charge in [0, 0.05) is 12.0 Å². The number of rotatable bonds is 6. The van der Waals surface area contributed by atoms with Crippen molar-refractivity contribution in [2.45, 2.75) is 37.5 Å². The second kappa shape index (κ2) is 6.06. The van der Waals surface area contributed by atoms with E-state index in [-0.39, 0.29) is 0 Å². The SMILES string of the molecule is c1ccc(C2(CNCCC3CC3)CCNCC2)cc1. The molecule has 0 radical (unpaired) electrons. The molecule has 104 valence electrons. The van der Waals surface area contributed by atoms with Gasteiger partial charge in [-0.05, 0) is 50.4 Å². The number of benzene rings is 1. The molecule has 2 N–H and O–H groups in total. The minimum atomic E-state index is 0.357. The Morgan fingerprint density at radius 2 is 1.84 bits per heavy atom. The molecule has 19 heavy (non-hydrogen) atoms. The third kappa shape index (κ3) is 3.37. The topological polar surface area (TPSA) is 24.1 Å². The maximum absolute atomic E-state index is 3.74. The molecular weight excluding hydrogens is 232 g/mol. The highest BCUT2D eigenvalue weighted by molar-refractivity contribution is 5.27. The van der Waals surface area contributed by atoms with Gasteiger partial charge < -0.3 is 10.6 Å². The molecule has 0 unspecified atom stereocenters. The Hall–Kier alpha value is -0.860. The molecule has 0 aromatic heterocycles. The van der Waals surface area contributed by atoms with Crippen LogP contribution in [0, 0.1) is 5.92 Å². The van der Waals surface area contributed by atoms with E-state index >= 15 is 0 Å². The van der Waals surface area contributed by atoms with Crippen LogP contribution in [0.4, 0.5) is 0 Å². The van der Waals surface area contributed by atoms with Crippen LogP contribution in [0.1, 0.15) is 37.7 Å². The molecule has 2 aliphatic rings. The van der Waals surface area contributed by atoms with Crippen LogP contribution < -0.4 is 10.6 Å². The van der Waals surface area contributed by atoms with Crippen LogP contribution >= 0.6 is 0 Å². The Labute approximate surface area is 117 Å². The van der Waals surface area contributed by atoms with Gasteiger partial charge in [-0.3, -0.25) is 0 Å². The summed E-state index contributed by atoms with van der Waals surface area (Å²) in [5.74, 6) is 1.04. The molecule has 0 amide bonds. The van der Waals surface area contributed by atoms with Crippen LogP contribution in [0.3, 0.4) is 0 Å². The molecule has 1 aromatic carbocycles. The normalized spacial score (nSPS) is 22.3. The lowest BCUT2D eigenvalue weighted by Gasteiger charge is -2.38. The summed E-state index contributed by atoms with van der Waals surface area (Å²) in [5.41, 5.74) is 1.88. The van der Waals surface area contributed by atoms with Crippen molar-refractivity contribution in [2.24, 2.45) is 5.92 Å². The Morgan fingerprint density at radius 3 is 2.53 bits per heavy atom. The minimum absolute atomic E-state index is 0.357. The van der Waals surface area contributed by atoms with E-state index in [1.165, 1.54) is 44.2 Å². The van der Waals surface area contributed by atoms with Crippen molar-refractivity contribution in [2.75, 3.05) is 26.2 Å². The summed E-state index contributed by atoms with van der Waals surface area (Å²) >= 11 is 0. The Morgan fingerprint density at radius 1 is 1.11 bits per heavy atom. The van der Waals surface area contributed by atoms with E-state index in [1.807, 2.05) is 0 Å². The van der Waals surface area contributed by atoms with Crippen molar-refractivity contribution in [3.63, 3.8) is 0 Å². The zero-order valence-corrected chi connectivity index (χ0v) is 11.8. The summed E-state index contributed by atoms with van der Waals surface area (Å²) in [7, 11) is 0. The van der Waals surface area contributed by atoms with Crippen LogP contribution in [0.15, 0.2) is 30.3 Å². The molecule has 1 saturated heterocycles. The molecule has 1 heterocycles. The lowest BCUT2D eigenvalue weighted by Crippen LogP contribution is -2.46. The van der Waals surface area contributed by atoms with Gasteiger partial charge in [-0.2, -0.15) is 0 Å². The summed E-state index contributed by atoms with van der Waals surface area (Å²) in [5, 5.41) is 7.24. The van der Waals surface area contributed by atoms with Gasteiger partial charge in [0.25, 0.3) is 0 Å². The third-order valence-corrected chi connectivity index (χ3v) is 4.84. The molecule has 1 aromatic rings. The van der Waals surface area contributed by atoms with Gasteiger partial charge in [0.2, 0.25) is 0 Å². The van der Waals surface area contributed by atoms with Gasteiger partial charge >= 0.3 is 0 Å². The predicted octanol–water partition coefficient (Wildman–Crippen LogP) is 2.70. The molecule has 2 fully saturated rings. The summed E-state index contributed by atoms with van der Waals surface area (Å²) in [6.45, 7) is 4.65. The first-order valence-electron chi connectivity index (χ1n) is 7.86. The highest BCUT2D eigenvalue weighted by atomic mass is 14.9. The molecular formula is C17H26N2. The summed E-state index contributed by atoms with van der Waals surface area (Å²) < 4.78 is 0. The van der Waals surface area contributed by atoms with Gasteiger partial charge in [-0.1, -0.05) is 43.2 Å². The van der Waals surface area contributed by atoms with Crippen molar-refractivity contribution in [3.8, 4) is 0 Å². The fourth-order valence-corrected chi connectivity index (χ4v) is 3.30. The van der Waals surface area contributed by atoms with E-state index in [0.29, 0.717) is 5.41 Å². The van der Waals surface area contributed by atoms with E-state index in [0.717, 1.165) is 25.6 Å². The first-order chi connectivity index (χ1) is 9.39. The van der Waals surface area contributed by atoms with Crippen LogP contribution in [0.25, 0.3) is 0 Å². The minimum Gasteiger partial charge on any atom is -0.317 e. The fraction of sp³-hybridized carbons (Fsp3) is 0.647. The fourth-order valence-electron chi connectivity index (χ4n) is 3.30. The lowest BCUT2D eigenvalue weighted by molar-refractivity contribution is 0.292. The van der Waals surface area contributed by atoms with E-state index in [1.54, 1.807) is 0 Å². The van der Waals surface area contributed by atoms with E-state index in [2.05, 4.69) is 41.0 Å². The van der Waals surface area contributed by atoms with E-state index < -0.39 is 0 Å². The van der Waals surface area contributed by atoms with Crippen LogP contribution in [0.2, 0.25) is 0 Å². The van der Waals surface area contributed by atoms with Gasteiger partial charge in [-0.15, -0.1) is 0 Å². The largest absolute Gasteiger partial charge is 0.317 e. The molecule has 1 aliphatic heterocycles. The Kier molecular flexibility index (Phi) is 4.19. The summed E-state index contributed by atoms with van der Waals surface area (Å²) in [6.07, 6.45) is 6.83. The molecule has 1 saturated carbocycles. The van der Waals surface area contributed by atoms with Crippen molar-refractivity contribution >= 4 is 0 Å².